The van der Waals surface area contributed by atoms with Gasteiger partial charge >= 0.3 is 0 Å². The van der Waals surface area contributed by atoms with E-state index in [-0.39, 0.29) is 0 Å². The molecule has 62 heavy (non-hydrogen) atoms. The predicted molar refractivity (Wildman–Crippen MR) is 265 cm³/mol. The number of aryl methyl sites for hydroxylation is 1. The first-order valence-corrected chi connectivity index (χ1v) is 22.0. The molecule has 0 saturated heterocycles. The van der Waals surface area contributed by atoms with Crippen LogP contribution in [0.15, 0.2) is 212 Å². The SMILES string of the molecule is CCCCc1ccc2c(c1)c1cc(-c3ccc4c(c3)c3ccccc3n4-c3ccccc3)ccc1n2-c1ccc(-c2c3ccccc3c(-c3ccccc3)c3ccccc23)cc1. The maximum absolute atomic E-state index is 2.47. The summed E-state index contributed by atoms with van der Waals surface area (Å²) in [6.07, 6.45) is 3.45. The van der Waals surface area contributed by atoms with Crippen molar-refractivity contribution < 1.29 is 0 Å². The molecule has 0 unspecified atom stereocenters. The van der Waals surface area contributed by atoms with Crippen LogP contribution in [0, 0.1) is 0 Å². The van der Waals surface area contributed by atoms with Gasteiger partial charge in [0.05, 0.1) is 22.1 Å². The van der Waals surface area contributed by atoms with Gasteiger partial charge in [-0.2, -0.15) is 0 Å². The molecule has 0 N–H and O–H groups in total. The molecule has 0 spiro atoms. The fraction of sp³-hybridized carbons (Fsp3) is 0.0667. The van der Waals surface area contributed by atoms with Gasteiger partial charge in [-0.05, 0) is 140 Å². The van der Waals surface area contributed by atoms with Crippen LogP contribution in [0.2, 0.25) is 0 Å². The minimum Gasteiger partial charge on any atom is -0.309 e. The maximum Gasteiger partial charge on any atom is 0.0541 e. The molecule has 12 rings (SSSR count). The van der Waals surface area contributed by atoms with Gasteiger partial charge in [-0.15, -0.1) is 0 Å². The molecule has 0 atom stereocenters. The molecule has 0 radical (unpaired) electrons. The molecule has 2 aromatic heterocycles. The predicted octanol–water partition coefficient (Wildman–Crippen LogP) is 16.5. The number of unbranched alkanes of at least 4 members (excludes halogenated alkanes) is 1. The van der Waals surface area contributed by atoms with Crippen LogP contribution < -0.4 is 0 Å². The first-order chi connectivity index (χ1) is 30.7. The molecule has 2 heteroatoms. The summed E-state index contributed by atoms with van der Waals surface area (Å²) in [7, 11) is 0. The zero-order valence-electron chi connectivity index (χ0n) is 34.7. The summed E-state index contributed by atoms with van der Waals surface area (Å²) < 4.78 is 4.85. The first kappa shape index (κ1) is 36.2. The van der Waals surface area contributed by atoms with Crippen LogP contribution >= 0.6 is 0 Å². The van der Waals surface area contributed by atoms with Gasteiger partial charge < -0.3 is 9.13 Å². The molecular weight excluding hydrogens is 749 g/mol. The van der Waals surface area contributed by atoms with Crippen molar-refractivity contribution in [2.75, 3.05) is 0 Å². The van der Waals surface area contributed by atoms with E-state index in [0.29, 0.717) is 0 Å². The molecule has 10 aromatic carbocycles. The van der Waals surface area contributed by atoms with Gasteiger partial charge in [-0.25, -0.2) is 0 Å². The number of nitrogens with zero attached hydrogens (tertiary/aromatic N) is 2. The highest BCUT2D eigenvalue weighted by molar-refractivity contribution is 6.21. The smallest absolute Gasteiger partial charge is 0.0541 e. The van der Waals surface area contributed by atoms with Crippen LogP contribution in [0.5, 0.6) is 0 Å². The molecular formula is C60H44N2. The van der Waals surface area contributed by atoms with E-state index in [0.717, 1.165) is 12.1 Å². The number of hydrogen-bond acceptors (Lipinski definition) is 0. The topological polar surface area (TPSA) is 9.86 Å². The van der Waals surface area contributed by atoms with Gasteiger partial charge in [0, 0.05) is 32.9 Å². The Labute approximate surface area is 361 Å². The Morgan fingerprint density at radius 3 is 1.27 bits per heavy atom. The van der Waals surface area contributed by atoms with Crippen molar-refractivity contribution in [1.29, 1.82) is 0 Å². The Kier molecular flexibility index (Phi) is 8.64. The van der Waals surface area contributed by atoms with Crippen LogP contribution in [0.3, 0.4) is 0 Å². The number of hydrogen-bond donors (Lipinski definition) is 0. The third-order valence-corrected chi connectivity index (χ3v) is 13.1. The van der Waals surface area contributed by atoms with E-state index in [1.807, 2.05) is 0 Å². The van der Waals surface area contributed by atoms with Gasteiger partial charge in [0.1, 0.15) is 0 Å². The molecule has 0 aliphatic heterocycles. The van der Waals surface area contributed by atoms with E-state index in [1.54, 1.807) is 0 Å². The Hall–Kier alpha value is -7.68. The minimum absolute atomic E-state index is 1.08. The zero-order chi connectivity index (χ0) is 41.1. The molecule has 12 aromatic rings. The summed E-state index contributed by atoms with van der Waals surface area (Å²) in [4.78, 5) is 0. The highest BCUT2D eigenvalue weighted by atomic mass is 15.0. The van der Waals surface area contributed by atoms with Gasteiger partial charge in [0.2, 0.25) is 0 Å². The van der Waals surface area contributed by atoms with Crippen LogP contribution in [0.1, 0.15) is 25.3 Å². The summed E-state index contributed by atoms with van der Waals surface area (Å²) in [6, 6.07) is 78.6. The lowest BCUT2D eigenvalue weighted by Crippen LogP contribution is -1.95. The number of benzene rings is 10. The Balaban J connectivity index is 1.01. The van der Waals surface area contributed by atoms with Crippen molar-refractivity contribution in [3.05, 3.63) is 218 Å². The molecule has 0 aliphatic carbocycles. The molecule has 2 heterocycles. The average molecular weight is 793 g/mol. The normalized spacial score (nSPS) is 11.8. The van der Waals surface area contributed by atoms with Crippen molar-refractivity contribution in [2.24, 2.45) is 0 Å². The first-order valence-electron chi connectivity index (χ1n) is 22.0. The second-order valence-corrected chi connectivity index (χ2v) is 16.7. The van der Waals surface area contributed by atoms with Crippen LogP contribution in [-0.2, 0) is 6.42 Å². The standard InChI is InChI=1S/C60H44N2/c1-2-3-16-40-27-34-56-52(37-40)54-39-44(43-30-35-57-53(38-43)47-21-14-15-26-55(47)61(57)45-19-8-5-9-20-45)31-36-58(54)62(56)46-32-28-42(29-33-46)60-50-24-12-10-22-48(50)59(41-17-6-4-7-18-41)49-23-11-13-25-51(49)60/h4-15,17-39H,2-3,16H2,1H3. The summed E-state index contributed by atoms with van der Waals surface area (Å²) in [6.45, 7) is 2.28. The Morgan fingerprint density at radius 2 is 0.710 bits per heavy atom. The van der Waals surface area contributed by atoms with E-state index in [1.165, 1.54) is 123 Å². The maximum atomic E-state index is 2.47. The number of para-hydroxylation sites is 2. The summed E-state index contributed by atoms with van der Waals surface area (Å²) in [5.41, 5.74) is 16.1. The second-order valence-electron chi connectivity index (χ2n) is 16.7. The fourth-order valence-electron chi connectivity index (χ4n) is 10.2. The Bertz CT molecular complexity index is 3590. The van der Waals surface area contributed by atoms with Crippen LogP contribution in [0.4, 0.5) is 0 Å². The van der Waals surface area contributed by atoms with Gasteiger partial charge in [0.25, 0.3) is 0 Å². The highest BCUT2D eigenvalue weighted by Crippen LogP contribution is 2.44. The van der Waals surface area contributed by atoms with E-state index < -0.39 is 0 Å². The lowest BCUT2D eigenvalue weighted by Gasteiger charge is -2.18. The minimum atomic E-state index is 1.08. The molecule has 294 valence electrons. The van der Waals surface area contributed by atoms with Gasteiger partial charge in [-0.3, -0.25) is 0 Å². The fourth-order valence-corrected chi connectivity index (χ4v) is 10.2. The highest BCUT2D eigenvalue weighted by Gasteiger charge is 2.19. The van der Waals surface area contributed by atoms with Crippen molar-refractivity contribution in [1.82, 2.24) is 9.13 Å². The van der Waals surface area contributed by atoms with E-state index in [2.05, 4.69) is 228 Å². The number of fused-ring (bicyclic) bond motifs is 8. The summed E-state index contributed by atoms with van der Waals surface area (Å²) in [5.74, 6) is 0. The third-order valence-electron chi connectivity index (χ3n) is 13.1. The molecule has 0 aliphatic rings. The van der Waals surface area contributed by atoms with Gasteiger partial charge in [-0.1, -0.05) is 159 Å². The van der Waals surface area contributed by atoms with Gasteiger partial charge in [0.15, 0.2) is 0 Å². The average Bonchev–Trinajstić information content (AvgIpc) is 3.85. The molecule has 0 saturated carbocycles. The largest absolute Gasteiger partial charge is 0.309 e. The summed E-state index contributed by atoms with van der Waals surface area (Å²) in [5, 5.41) is 10.2. The number of rotatable bonds is 8. The van der Waals surface area contributed by atoms with Crippen LogP contribution in [0.25, 0.3) is 110 Å². The van der Waals surface area contributed by atoms with E-state index >= 15 is 0 Å². The molecule has 0 fully saturated rings. The van der Waals surface area contributed by atoms with Crippen molar-refractivity contribution in [3.63, 3.8) is 0 Å². The molecule has 0 amide bonds. The lowest BCUT2D eigenvalue weighted by molar-refractivity contribution is 0.796. The number of aromatic nitrogens is 2. The van der Waals surface area contributed by atoms with Crippen molar-refractivity contribution >= 4 is 65.2 Å². The summed E-state index contributed by atoms with van der Waals surface area (Å²) >= 11 is 0. The van der Waals surface area contributed by atoms with Crippen molar-refractivity contribution in [2.45, 2.75) is 26.2 Å². The van der Waals surface area contributed by atoms with E-state index in [4.69, 9.17) is 0 Å². The lowest BCUT2D eigenvalue weighted by atomic mass is 9.86. The second kappa shape index (κ2) is 14.8. The molecule has 0 bridgehead atoms. The zero-order valence-corrected chi connectivity index (χ0v) is 34.7. The van der Waals surface area contributed by atoms with Crippen LogP contribution in [-0.4, -0.2) is 9.13 Å². The van der Waals surface area contributed by atoms with Crippen molar-refractivity contribution in [3.8, 4) is 44.8 Å². The third kappa shape index (κ3) is 5.79. The quantitative estimate of drug-likeness (QED) is 0.136. The molecule has 2 nitrogen and oxygen atoms in total. The Morgan fingerprint density at radius 1 is 0.306 bits per heavy atom. The van der Waals surface area contributed by atoms with E-state index in [9.17, 15) is 0 Å². The monoisotopic (exact) mass is 792 g/mol.